The Balaban J connectivity index is 2.45. The van der Waals surface area contributed by atoms with E-state index in [4.69, 9.17) is 0 Å². The summed E-state index contributed by atoms with van der Waals surface area (Å²) in [5.74, 6) is 0. The van der Waals surface area contributed by atoms with Crippen LogP contribution >= 0.6 is 22.5 Å². The highest BCUT2D eigenvalue weighted by Crippen LogP contribution is 2.34. The van der Waals surface area contributed by atoms with E-state index in [0.29, 0.717) is 10.8 Å². The van der Waals surface area contributed by atoms with Gasteiger partial charge in [-0.25, -0.2) is 0 Å². The summed E-state index contributed by atoms with van der Waals surface area (Å²) in [6, 6.07) is 0.662. The molecule has 0 amide bonds. The van der Waals surface area contributed by atoms with E-state index in [-0.39, 0.29) is 0 Å². The first-order chi connectivity index (χ1) is 4.67. The van der Waals surface area contributed by atoms with E-state index in [1.54, 1.807) is 10.8 Å². The topological polar surface area (TPSA) is 12.0 Å². The molecule has 1 heterocycles. The highest BCUT2D eigenvalue weighted by Gasteiger charge is 2.30. The van der Waals surface area contributed by atoms with Crippen molar-refractivity contribution in [1.29, 1.82) is 0 Å². The third kappa shape index (κ3) is 1.83. The van der Waals surface area contributed by atoms with Crippen molar-refractivity contribution in [2.75, 3.05) is 6.54 Å². The lowest BCUT2D eigenvalue weighted by atomic mass is 10.0. The molecule has 60 valence electrons. The molecule has 1 rings (SSSR count). The van der Waals surface area contributed by atoms with Crippen LogP contribution in [0.3, 0.4) is 0 Å². The van der Waals surface area contributed by atoms with Gasteiger partial charge in [0.1, 0.15) is 0 Å². The first-order valence-electron chi connectivity index (χ1n) is 3.73. The second kappa shape index (κ2) is 3.37. The van der Waals surface area contributed by atoms with Crippen LogP contribution in [-0.2, 0) is 0 Å². The second-order valence-corrected chi connectivity index (χ2v) is 5.13. The molecule has 0 aromatic rings. The summed E-state index contributed by atoms with van der Waals surface area (Å²) < 4.78 is 0.291. The molecule has 0 saturated carbocycles. The van der Waals surface area contributed by atoms with Gasteiger partial charge in [0.15, 0.2) is 0 Å². The Morgan fingerprint density at radius 1 is 1.60 bits per heavy atom. The molecule has 1 nitrogen and oxygen atoms in total. The molecule has 1 unspecified atom stereocenters. The van der Waals surface area contributed by atoms with Crippen molar-refractivity contribution in [1.82, 2.24) is 5.32 Å². The zero-order chi connectivity index (χ0) is 7.61. The number of rotatable bonds is 2. The lowest BCUT2D eigenvalue weighted by Crippen LogP contribution is -2.39. The summed E-state index contributed by atoms with van der Waals surface area (Å²) in [5, 5.41) is 3.48. The van der Waals surface area contributed by atoms with Crippen LogP contribution in [0.5, 0.6) is 0 Å². The molecule has 0 spiro atoms. The van der Waals surface area contributed by atoms with Gasteiger partial charge in [-0.15, -0.1) is 11.7 Å². The standard InChI is InChI=1S/C7H15NS2/c1-7(2,10-9)6-4-3-5-8-6/h6,8-9H,3-5H2,1-2H3. The van der Waals surface area contributed by atoms with Crippen molar-refractivity contribution in [3.05, 3.63) is 0 Å². The quantitative estimate of drug-likeness (QED) is 0.495. The van der Waals surface area contributed by atoms with Gasteiger partial charge in [0.05, 0.1) is 0 Å². The van der Waals surface area contributed by atoms with Gasteiger partial charge >= 0.3 is 0 Å². The Morgan fingerprint density at radius 2 is 2.30 bits per heavy atom. The third-order valence-electron chi connectivity index (χ3n) is 2.13. The summed E-state index contributed by atoms with van der Waals surface area (Å²) in [6.07, 6.45) is 2.63. The van der Waals surface area contributed by atoms with E-state index in [1.165, 1.54) is 19.4 Å². The predicted molar refractivity (Wildman–Crippen MR) is 51.7 cm³/mol. The average molecular weight is 177 g/mol. The van der Waals surface area contributed by atoms with Gasteiger partial charge in [-0.2, -0.15) is 0 Å². The first kappa shape index (κ1) is 8.75. The Hall–Kier alpha value is 0.660. The van der Waals surface area contributed by atoms with Crippen molar-refractivity contribution >= 4 is 22.5 Å². The summed E-state index contributed by atoms with van der Waals surface area (Å²) in [4.78, 5) is 0. The van der Waals surface area contributed by atoms with Crippen molar-refractivity contribution in [3.63, 3.8) is 0 Å². The molecule has 1 aliphatic rings. The largest absolute Gasteiger partial charge is 0.313 e. The van der Waals surface area contributed by atoms with Crippen molar-refractivity contribution in [2.24, 2.45) is 0 Å². The zero-order valence-electron chi connectivity index (χ0n) is 6.55. The smallest absolute Gasteiger partial charge is 0.0357 e. The lowest BCUT2D eigenvalue weighted by Gasteiger charge is -2.28. The molecule has 0 bridgehead atoms. The number of nitrogens with one attached hydrogen (secondary N) is 1. The molecular formula is C7H15NS2. The molecule has 3 heteroatoms. The van der Waals surface area contributed by atoms with Gasteiger partial charge < -0.3 is 5.32 Å². The Labute approximate surface area is 72.2 Å². The SMILES string of the molecule is CC(C)(SS)C1CCCN1. The van der Waals surface area contributed by atoms with Crippen LogP contribution < -0.4 is 5.32 Å². The monoisotopic (exact) mass is 177 g/mol. The molecule has 1 N–H and O–H groups in total. The molecule has 1 saturated heterocycles. The molecule has 10 heavy (non-hydrogen) atoms. The van der Waals surface area contributed by atoms with E-state index in [1.807, 2.05) is 0 Å². The van der Waals surface area contributed by atoms with Crippen LogP contribution in [-0.4, -0.2) is 17.3 Å². The molecule has 0 radical (unpaired) electrons. The van der Waals surface area contributed by atoms with Crippen LogP contribution in [0.4, 0.5) is 0 Å². The van der Waals surface area contributed by atoms with E-state index >= 15 is 0 Å². The van der Waals surface area contributed by atoms with Crippen LogP contribution in [0.1, 0.15) is 26.7 Å². The van der Waals surface area contributed by atoms with Crippen molar-refractivity contribution in [2.45, 2.75) is 37.5 Å². The van der Waals surface area contributed by atoms with Gasteiger partial charge in [0.2, 0.25) is 0 Å². The fourth-order valence-corrected chi connectivity index (χ4v) is 2.05. The van der Waals surface area contributed by atoms with Gasteiger partial charge in [-0.05, 0) is 33.2 Å². The number of thiol groups is 1. The third-order valence-corrected chi connectivity index (χ3v) is 4.30. The maximum absolute atomic E-state index is 4.25. The van der Waals surface area contributed by atoms with Gasteiger partial charge in [-0.1, -0.05) is 10.8 Å². The predicted octanol–water partition coefficient (Wildman–Crippen LogP) is 2.10. The fraction of sp³-hybridized carbons (Fsp3) is 1.00. The van der Waals surface area contributed by atoms with Crippen molar-refractivity contribution in [3.8, 4) is 0 Å². The molecular weight excluding hydrogens is 162 g/mol. The molecule has 0 aliphatic carbocycles. The summed E-state index contributed by atoms with van der Waals surface area (Å²) >= 11 is 4.25. The highest BCUT2D eigenvalue weighted by molar-refractivity contribution is 8.69. The molecule has 0 aromatic carbocycles. The highest BCUT2D eigenvalue weighted by atomic mass is 33.1. The second-order valence-electron chi connectivity index (χ2n) is 3.34. The number of hydrogen-bond donors (Lipinski definition) is 2. The molecule has 1 aliphatic heterocycles. The minimum atomic E-state index is 0.291. The maximum Gasteiger partial charge on any atom is 0.0357 e. The van der Waals surface area contributed by atoms with Crippen LogP contribution in [0, 0.1) is 0 Å². The van der Waals surface area contributed by atoms with E-state index < -0.39 is 0 Å². The fourth-order valence-electron chi connectivity index (χ4n) is 1.34. The van der Waals surface area contributed by atoms with E-state index in [9.17, 15) is 0 Å². The van der Waals surface area contributed by atoms with Crippen molar-refractivity contribution < 1.29 is 0 Å². The number of hydrogen-bond acceptors (Lipinski definition) is 3. The Morgan fingerprint density at radius 3 is 2.70 bits per heavy atom. The Kier molecular flexibility index (Phi) is 2.95. The zero-order valence-corrected chi connectivity index (χ0v) is 8.27. The van der Waals surface area contributed by atoms with Crippen LogP contribution in [0.25, 0.3) is 0 Å². The normalized spacial score (nSPS) is 27.3. The van der Waals surface area contributed by atoms with Gasteiger partial charge in [0.25, 0.3) is 0 Å². The van der Waals surface area contributed by atoms with Gasteiger partial charge in [-0.3, -0.25) is 0 Å². The molecule has 1 fully saturated rings. The van der Waals surface area contributed by atoms with Crippen LogP contribution in [0.15, 0.2) is 0 Å². The minimum Gasteiger partial charge on any atom is -0.313 e. The van der Waals surface area contributed by atoms with E-state index in [2.05, 4.69) is 30.8 Å². The summed E-state index contributed by atoms with van der Waals surface area (Å²) in [6.45, 7) is 5.67. The summed E-state index contributed by atoms with van der Waals surface area (Å²) in [7, 11) is 1.66. The van der Waals surface area contributed by atoms with E-state index in [0.717, 1.165) is 0 Å². The lowest BCUT2D eigenvalue weighted by molar-refractivity contribution is 0.494. The first-order valence-corrected chi connectivity index (χ1v) is 5.59. The Bertz CT molecular complexity index is 108. The van der Waals surface area contributed by atoms with Crippen LogP contribution in [0.2, 0.25) is 0 Å². The summed E-state index contributed by atoms with van der Waals surface area (Å²) in [5.41, 5.74) is 0. The van der Waals surface area contributed by atoms with Gasteiger partial charge in [0, 0.05) is 10.8 Å². The molecule has 1 atom stereocenters. The average Bonchev–Trinajstić information content (AvgIpc) is 2.38. The maximum atomic E-state index is 4.25. The molecule has 0 aromatic heterocycles. The minimum absolute atomic E-state index is 0.291.